The number of nitrogens with one attached hydrogen (secondary N) is 3. The van der Waals surface area contributed by atoms with Crippen molar-refractivity contribution in [3.05, 3.63) is 97.3 Å². The molecule has 5 heterocycles. The van der Waals surface area contributed by atoms with Crippen molar-refractivity contribution in [1.82, 2.24) is 34.6 Å². The Hall–Kier alpha value is -5.20. The zero-order valence-corrected chi connectivity index (χ0v) is 31.0. The second-order valence-corrected chi connectivity index (χ2v) is 13.9. The molecule has 2 amide bonds. The Kier molecular flexibility index (Phi) is 9.30. The first-order valence-corrected chi connectivity index (χ1v) is 18.1. The molecule has 2 unspecified atom stereocenters. The molecule has 2 fully saturated rings. The fourth-order valence-corrected chi connectivity index (χ4v) is 8.31. The molecule has 2 aromatic carbocycles. The van der Waals surface area contributed by atoms with Crippen LogP contribution in [0, 0.1) is 6.92 Å². The highest BCUT2D eigenvalue weighted by Gasteiger charge is 2.46. The van der Waals surface area contributed by atoms with E-state index in [1.807, 2.05) is 57.2 Å². The molecule has 0 saturated carbocycles. The fourth-order valence-electron chi connectivity index (χ4n) is 7.98. The average molecular weight is 723 g/mol. The number of pyridine rings is 2. The number of aromatic nitrogens is 4. The predicted molar refractivity (Wildman–Crippen MR) is 205 cm³/mol. The summed E-state index contributed by atoms with van der Waals surface area (Å²) in [6.45, 7) is 8.32. The molecular formula is C39H43ClN8O4. The number of hydrogen-bond acceptors (Lipinski definition) is 8. The molecule has 1 aliphatic carbocycles. The van der Waals surface area contributed by atoms with E-state index in [2.05, 4.69) is 31.9 Å². The Morgan fingerprint density at radius 2 is 1.77 bits per heavy atom. The number of carbonyl (C=O) groups excluding carboxylic acids is 1. The van der Waals surface area contributed by atoms with Gasteiger partial charge in [-0.1, -0.05) is 55.8 Å². The first-order valence-electron chi connectivity index (χ1n) is 17.7. The average Bonchev–Trinajstić information content (AvgIpc) is 3.89. The normalized spacial score (nSPS) is 19.3. The lowest BCUT2D eigenvalue weighted by Gasteiger charge is -2.28. The molecule has 1 spiro atoms. The van der Waals surface area contributed by atoms with E-state index < -0.39 is 11.2 Å². The zero-order chi connectivity index (χ0) is 36.9. The van der Waals surface area contributed by atoms with Crippen LogP contribution in [0.5, 0.6) is 5.88 Å². The van der Waals surface area contributed by atoms with Crippen molar-refractivity contribution < 1.29 is 9.53 Å². The van der Waals surface area contributed by atoms with Gasteiger partial charge in [0.2, 0.25) is 5.88 Å². The summed E-state index contributed by atoms with van der Waals surface area (Å²) < 4.78 is 8.46. The number of aryl methyl sites for hydroxylation is 2. The maximum atomic E-state index is 13.2. The molecule has 2 aliphatic heterocycles. The second-order valence-electron chi connectivity index (χ2n) is 13.5. The van der Waals surface area contributed by atoms with Crippen molar-refractivity contribution in [2.45, 2.75) is 51.6 Å². The fraction of sp³-hybridized carbons (Fsp3) is 0.359. The number of fused-ring (bicyclic) bond motifs is 2. The largest absolute Gasteiger partial charge is 0.481 e. The van der Waals surface area contributed by atoms with Crippen LogP contribution in [0.3, 0.4) is 0 Å². The van der Waals surface area contributed by atoms with Crippen LogP contribution in [-0.2, 0) is 20.5 Å². The third-order valence-corrected chi connectivity index (χ3v) is 11.1. The number of halogens is 1. The van der Waals surface area contributed by atoms with Crippen LogP contribution in [0.25, 0.3) is 33.3 Å². The van der Waals surface area contributed by atoms with Gasteiger partial charge in [0, 0.05) is 68.3 Å². The first kappa shape index (κ1) is 35.2. The molecule has 52 heavy (non-hydrogen) atoms. The molecule has 0 bridgehead atoms. The van der Waals surface area contributed by atoms with Crippen LogP contribution in [0.15, 0.2) is 64.3 Å². The van der Waals surface area contributed by atoms with E-state index in [0.29, 0.717) is 34.2 Å². The molecule has 270 valence electrons. The lowest BCUT2D eigenvalue weighted by atomic mass is 9.96. The van der Waals surface area contributed by atoms with E-state index >= 15 is 0 Å². The van der Waals surface area contributed by atoms with Crippen molar-refractivity contribution in [1.29, 1.82) is 0 Å². The standard InChI is InChI=1S/C37H37ClN8O4.C2H6/c1-20-22(7-6-10-25(20)41-32-30-27(13-15-39-32)44(2)36(49)45(3)34(30)47)23-8-5-9-24(31(23)38)26-17-21-11-12-28(29(21)33(42-26)50-4)46-16-14-37(19-46)18-40-35(48)43-37;1-2/h5-10,13,15,17,28H,11-12,14,16,18-19H2,1-4H3,(H,39,41)(H2,40,43,48);1-2H3. The molecule has 8 rings (SSSR count). The van der Waals surface area contributed by atoms with Gasteiger partial charge in [-0.05, 0) is 61.1 Å². The lowest BCUT2D eigenvalue weighted by Crippen LogP contribution is -2.46. The number of amides is 2. The van der Waals surface area contributed by atoms with E-state index in [-0.39, 0.29) is 17.6 Å². The minimum atomic E-state index is -0.421. The highest BCUT2D eigenvalue weighted by molar-refractivity contribution is 6.36. The van der Waals surface area contributed by atoms with Crippen LogP contribution in [0.1, 0.15) is 49.4 Å². The third kappa shape index (κ3) is 5.79. The summed E-state index contributed by atoms with van der Waals surface area (Å²) in [5.74, 6) is 0.963. The Labute approximate surface area is 306 Å². The van der Waals surface area contributed by atoms with Gasteiger partial charge < -0.3 is 20.7 Å². The summed E-state index contributed by atoms with van der Waals surface area (Å²) in [5.41, 5.74) is 6.70. The first-order chi connectivity index (χ1) is 25.1. The molecule has 2 atom stereocenters. The van der Waals surface area contributed by atoms with Crippen molar-refractivity contribution in [2.24, 2.45) is 14.1 Å². The highest BCUT2D eigenvalue weighted by atomic mass is 35.5. The monoisotopic (exact) mass is 722 g/mol. The third-order valence-electron chi connectivity index (χ3n) is 10.6. The van der Waals surface area contributed by atoms with Gasteiger partial charge in [-0.15, -0.1) is 0 Å². The summed E-state index contributed by atoms with van der Waals surface area (Å²) in [5, 5.41) is 10.3. The Morgan fingerprint density at radius 3 is 2.52 bits per heavy atom. The highest BCUT2D eigenvalue weighted by Crippen LogP contribution is 2.46. The molecule has 3 N–H and O–H groups in total. The Bertz CT molecular complexity index is 2350. The topological polar surface area (TPSA) is 135 Å². The zero-order valence-electron chi connectivity index (χ0n) is 30.3. The van der Waals surface area contributed by atoms with Crippen LogP contribution < -0.4 is 31.9 Å². The number of likely N-dealkylation sites (tertiary alicyclic amines) is 1. The van der Waals surface area contributed by atoms with Crippen LogP contribution in [0.4, 0.5) is 16.3 Å². The number of nitrogens with zero attached hydrogens (tertiary/aromatic N) is 5. The number of rotatable bonds is 6. The summed E-state index contributed by atoms with van der Waals surface area (Å²) in [4.78, 5) is 49.6. The summed E-state index contributed by atoms with van der Waals surface area (Å²) in [6, 6.07) is 15.7. The van der Waals surface area contributed by atoms with Gasteiger partial charge in [-0.25, -0.2) is 19.6 Å². The molecule has 0 radical (unpaired) electrons. The minimum absolute atomic E-state index is 0.0946. The van der Waals surface area contributed by atoms with E-state index in [9.17, 15) is 14.4 Å². The molecule has 3 aromatic heterocycles. The summed E-state index contributed by atoms with van der Waals surface area (Å²) in [6.07, 6.45) is 4.33. The van der Waals surface area contributed by atoms with Gasteiger partial charge in [0.05, 0.1) is 28.9 Å². The number of anilines is 2. The maximum absolute atomic E-state index is 13.2. The molecule has 2 saturated heterocycles. The summed E-state index contributed by atoms with van der Waals surface area (Å²) in [7, 11) is 4.76. The number of ether oxygens (including phenoxy) is 1. The predicted octanol–water partition coefficient (Wildman–Crippen LogP) is 5.85. The van der Waals surface area contributed by atoms with Crippen molar-refractivity contribution in [3.8, 4) is 28.3 Å². The van der Waals surface area contributed by atoms with Crippen molar-refractivity contribution in [3.63, 3.8) is 0 Å². The van der Waals surface area contributed by atoms with Gasteiger partial charge in [-0.3, -0.25) is 18.8 Å². The van der Waals surface area contributed by atoms with Gasteiger partial charge >= 0.3 is 11.7 Å². The molecule has 12 nitrogen and oxygen atoms in total. The number of methoxy groups -OCH3 is 1. The molecule has 3 aliphatic rings. The van der Waals surface area contributed by atoms with Crippen LogP contribution in [-0.4, -0.2) is 62.3 Å². The van der Waals surface area contributed by atoms with Crippen LogP contribution >= 0.6 is 11.6 Å². The van der Waals surface area contributed by atoms with E-state index in [4.69, 9.17) is 21.3 Å². The van der Waals surface area contributed by atoms with E-state index in [1.165, 1.54) is 17.2 Å². The molecule has 13 heteroatoms. The van der Waals surface area contributed by atoms with E-state index in [1.54, 1.807) is 26.4 Å². The van der Waals surface area contributed by atoms with Crippen molar-refractivity contribution in [2.75, 3.05) is 32.1 Å². The molecule has 5 aromatic rings. The van der Waals surface area contributed by atoms with Gasteiger partial charge in [0.1, 0.15) is 11.2 Å². The SMILES string of the molecule is CC.COc1nc(-c2cccc(-c3cccc(Nc4nccc5c4c(=O)n(C)c(=O)n5C)c3C)c2Cl)cc2c1C(N1CCC3(CNC(=O)N3)C1)CC2. The minimum Gasteiger partial charge on any atom is -0.481 e. The maximum Gasteiger partial charge on any atom is 0.330 e. The number of hydrogen-bond donors (Lipinski definition) is 3. The van der Waals surface area contributed by atoms with Gasteiger partial charge in [0.15, 0.2) is 0 Å². The number of benzene rings is 2. The van der Waals surface area contributed by atoms with Gasteiger partial charge in [0.25, 0.3) is 5.56 Å². The Morgan fingerprint density at radius 1 is 1.02 bits per heavy atom. The number of carbonyl (C=O) groups is 1. The number of urea groups is 1. The van der Waals surface area contributed by atoms with Crippen molar-refractivity contribution >= 4 is 40.0 Å². The summed E-state index contributed by atoms with van der Waals surface area (Å²) >= 11 is 7.23. The lowest BCUT2D eigenvalue weighted by molar-refractivity contribution is 0.219. The quantitative estimate of drug-likeness (QED) is 0.199. The smallest absolute Gasteiger partial charge is 0.330 e. The second kappa shape index (κ2) is 13.7. The van der Waals surface area contributed by atoms with Gasteiger partial charge in [-0.2, -0.15) is 0 Å². The van der Waals surface area contributed by atoms with Crippen LogP contribution in [0.2, 0.25) is 5.02 Å². The van der Waals surface area contributed by atoms with E-state index in [0.717, 1.165) is 76.1 Å². The molecular weight excluding hydrogens is 680 g/mol. The Balaban J connectivity index is 0.00000207.